The zero-order chi connectivity index (χ0) is 17.0. The number of hydrogen-bond donors (Lipinski definition) is 1. The largest absolute Gasteiger partial charge is 0.481 e. The van der Waals surface area contributed by atoms with Gasteiger partial charge in [0.2, 0.25) is 5.91 Å². The molecule has 0 saturated carbocycles. The van der Waals surface area contributed by atoms with Crippen LogP contribution in [0.15, 0.2) is 35.3 Å². The van der Waals surface area contributed by atoms with Gasteiger partial charge in [0.05, 0.1) is 18.0 Å². The number of fused-ring (bicyclic) bond motifs is 1. The first kappa shape index (κ1) is 16.7. The van der Waals surface area contributed by atoms with E-state index in [0.717, 1.165) is 4.68 Å². The van der Waals surface area contributed by atoms with Crippen molar-refractivity contribution in [1.82, 2.24) is 14.7 Å². The highest BCUT2D eigenvalue weighted by Gasteiger charge is 2.19. The Morgan fingerprint density at radius 1 is 1.30 bits per heavy atom. The first-order valence-electron chi connectivity index (χ1n) is 7.36. The van der Waals surface area contributed by atoms with E-state index in [-0.39, 0.29) is 37.0 Å². The number of hydrogen-bond acceptors (Lipinski definition) is 4. The number of nitrogens with zero attached hydrogens (tertiary/aromatic N) is 3. The molecule has 2 aromatic rings. The van der Waals surface area contributed by atoms with Crippen molar-refractivity contribution in [3.63, 3.8) is 0 Å². The smallest absolute Gasteiger partial charge is 0.305 e. The van der Waals surface area contributed by atoms with Crippen LogP contribution in [0.5, 0.6) is 0 Å². The zero-order valence-electron chi connectivity index (χ0n) is 13.1. The number of aromatic nitrogens is 2. The van der Waals surface area contributed by atoms with Gasteiger partial charge < -0.3 is 10.0 Å². The zero-order valence-corrected chi connectivity index (χ0v) is 13.1. The Morgan fingerprint density at radius 3 is 2.65 bits per heavy atom. The summed E-state index contributed by atoms with van der Waals surface area (Å²) in [6.07, 6.45) is 1.41. The van der Waals surface area contributed by atoms with Crippen LogP contribution in [0.3, 0.4) is 0 Å². The number of rotatable bonds is 6. The van der Waals surface area contributed by atoms with Crippen molar-refractivity contribution < 1.29 is 14.7 Å². The van der Waals surface area contributed by atoms with Crippen molar-refractivity contribution in [3.05, 3.63) is 40.8 Å². The summed E-state index contributed by atoms with van der Waals surface area (Å²) in [6.45, 7) is 3.50. The second-order valence-corrected chi connectivity index (χ2v) is 5.52. The molecule has 1 N–H and O–H groups in total. The van der Waals surface area contributed by atoms with Gasteiger partial charge in [-0.2, -0.15) is 5.10 Å². The molecule has 1 aromatic heterocycles. The molecule has 0 aliphatic carbocycles. The molecule has 0 radical (unpaired) electrons. The van der Waals surface area contributed by atoms with E-state index in [9.17, 15) is 14.4 Å². The van der Waals surface area contributed by atoms with Gasteiger partial charge in [-0.05, 0) is 19.9 Å². The van der Waals surface area contributed by atoms with E-state index in [4.69, 9.17) is 5.11 Å². The lowest BCUT2D eigenvalue weighted by Crippen LogP contribution is -2.42. The molecule has 0 saturated heterocycles. The Kier molecular flexibility index (Phi) is 5.10. The number of amides is 1. The molecular formula is C16H19N3O4. The second kappa shape index (κ2) is 7.04. The van der Waals surface area contributed by atoms with Crippen LogP contribution in [-0.2, 0) is 16.1 Å². The molecule has 0 aliphatic heterocycles. The molecule has 7 heteroatoms. The van der Waals surface area contributed by atoms with Crippen LogP contribution in [0.4, 0.5) is 0 Å². The van der Waals surface area contributed by atoms with Crippen molar-refractivity contribution in [2.45, 2.75) is 32.9 Å². The third-order valence-electron chi connectivity index (χ3n) is 3.56. The quantitative estimate of drug-likeness (QED) is 0.861. The average Bonchev–Trinajstić information content (AvgIpc) is 2.50. The van der Waals surface area contributed by atoms with Crippen LogP contribution in [0, 0.1) is 0 Å². The molecule has 0 unspecified atom stereocenters. The van der Waals surface area contributed by atoms with Crippen LogP contribution in [0.2, 0.25) is 0 Å². The van der Waals surface area contributed by atoms with Gasteiger partial charge in [-0.1, -0.05) is 18.2 Å². The van der Waals surface area contributed by atoms with Gasteiger partial charge in [0.15, 0.2) is 0 Å². The highest BCUT2D eigenvalue weighted by atomic mass is 16.4. The maximum atomic E-state index is 12.4. The lowest BCUT2D eigenvalue weighted by Gasteiger charge is -2.26. The van der Waals surface area contributed by atoms with E-state index >= 15 is 0 Å². The molecule has 0 fully saturated rings. The molecule has 122 valence electrons. The fourth-order valence-electron chi connectivity index (χ4n) is 2.35. The summed E-state index contributed by atoms with van der Waals surface area (Å²) >= 11 is 0. The Hall–Kier alpha value is -2.70. The summed E-state index contributed by atoms with van der Waals surface area (Å²) in [7, 11) is 0. The molecule has 7 nitrogen and oxygen atoms in total. The van der Waals surface area contributed by atoms with Crippen LogP contribution in [0.1, 0.15) is 20.3 Å². The summed E-state index contributed by atoms with van der Waals surface area (Å²) in [5.74, 6) is -1.30. The van der Waals surface area contributed by atoms with Crippen molar-refractivity contribution >= 4 is 22.6 Å². The first-order valence-corrected chi connectivity index (χ1v) is 7.36. The van der Waals surface area contributed by atoms with Crippen molar-refractivity contribution in [1.29, 1.82) is 0 Å². The minimum Gasteiger partial charge on any atom is -0.481 e. The topological polar surface area (TPSA) is 92.5 Å². The fourth-order valence-corrected chi connectivity index (χ4v) is 2.35. The number of carbonyl (C=O) groups excluding carboxylic acids is 1. The number of carboxylic acids is 1. The molecular weight excluding hydrogens is 298 g/mol. The molecule has 1 heterocycles. The lowest BCUT2D eigenvalue weighted by molar-refractivity contribution is -0.139. The molecule has 1 aromatic carbocycles. The molecule has 2 rings (SSSR count). The van der Waals surface area contributed by atoms with Gasteiger partial charge in [0, 0.05) is 18.0 Å². The fraction of sp³-hybridized carbons (Fsp3) is 0.375. The summed E-state index contributed by atoms with van der Waals surface area (Å²) in [5, 5.41) is 14.0. The summed E-state index contributed by atoms with van der Waals surface area (Å²) in [4.78, 5) is 36.9. The monoisotopic (exact) mass is 317 g/mol. The minimum atomic E-state index is -0.968. The van der Waals surface area contributed by atoms with E-state index < -0.39 is 5.97 Å². The molecule has 0 spiro atoms. The standard InChI is InChI=1S/C16H19N3O4/c1-11(2)18(8-7-15(21)22)14(20)10-19-16(23)13-6-4-3-5-12(13)9-17-19/h3-6,9,11H,7-8,10H2,1-2H3,(H,21,22). The summed E-state index contributed by atoms with van der Waals surface area (Å²) < 4.78 is 1.11. The molecule has 23 heavy (non-hydrogen) atoms. The maximum absolute atomic E-state index is 12.4. The number of aliphatic carboxylic acids is 1. The molecule has 0 atom stereocenters. The molecule has 0 aliphatic rings. The van der Waals surface area contributed by atoms with Crippen molar-refractivity contribution in [2.75, 3.05) is 6.54 Å². The highest BCUT2D eigenvalue weighted by molar-refractivity contribution is 5.81. The van der Waals surface area contributed by atoms with Crippen molar-refractivity contribution in [3.8, 4) is 0 Å². The van der Waals surface area contributed by atoms with E-state index in [1.807, 2.05) is 6.07 Å². The molecule has 1 amide bonds. The van der Waals surface area contributed by atoms with Crippen LogP contribution < -0.4 is 5.56 Å². The summed E-state index contributed by atoms with van der Waals surface area (Å²) in [6, 6.07) is 6.88. The highest BCUT2D eigenvalue weighted by Crippen LogP contribution is 2.07. The minimum absolute atomic E-state index is 0.105. The number of carbonyl (C=O) groups is 2. The van der Waals surface area contributed by atoms with Gasteiger partial charge in [-0.3, -0.25) is 14.4 Å². The Morgan fingerprint density at radius 2 is 2.00 bits per heavy atom. The van der Waals surface area contributed by atoms with E-state index in [1.165, 1.54) is 4.90 Å². The summed E-state index contributed by atoms with van der Waals surface area (Å²) in [5.41, 5.74) is -0.335. The Bertz CT molecular complexity index is 782. The normalized spacial score (nSPS) is 10.9. The maximum Gasteiger partial charge on any atom is 0.305 e. The van der Waals surface area contributed by atoms with Gasteiger partial charge in [0.25, 0.3) is 5.56 Å². The van der Waals surface area contributed by atoms with Crippen LogP contribution in [-0.4, -0.2) is 44.3 Å². The van der Waals surface area contributed by atoms with E-state index in [0.29, 0.717) is 10.8 Å². The second-order valence-electron chi connectivity index (χ2n) is 5.52. The van der Waals surface area contributed by atoms with Gasteiger partial charge in [0.1, 0.15) is 6.54 Å². The molecule has 0 bridgehead atoms. The van der Waals surface area contributed by atoms with Crippen molar-refractivity contribution in [2.24, 2.45) is 0 Å². The van der Waals surface area contributed by atoms with Crippen LogP contribution >= 0.6 is 0 Å². The number of carboxylic acid groups (broad SMARTS) is 1. The number of benzene rings is 1. The Labute approximate surface area is 133 Å². The first-order chi connectivity index (χ1) is 10.9. The van der Waals surface area contributed by atoms with E-state index in [1.54, 1.807) is 38.2 Å². The third kappa shape index (κ3) is 3.94. The van der Waals surface area contributed by atoms with Gasteiger partial charge in [-0.15, -0.1) is 0 Å². The third-order valence-corrected chi connectivity index (χ3v) is 3.56. The SMILES string of the molecule is CC(C)N(CCC(=O)O)C(=O)Cn1ncc2ccccc2c1=O. The van der Waals surface area contributed by atoms with E-state index in [2.05, 4.69) is 5.10 Å². The Balaban J connectivity index is 2.23. The van der Waals surface area contributed by atoms with Gasteiger partial charge >= 0.3 is 5.97 Å². The lowest BCUT2D eigenvalue weighted by atomic mass is 10.2. The predicted molar refractivity (Wildman–Crippen MR) is 85.1 cm³/mol. The predicted octanol–water partition coefficient (Wildman–Crippen LogP) is 1.11. The van der Waals surface area contributed by atoms with Gasteiger partial charge in [-0.25, -0.2) is 4.68 Å². The average molecular weight is 317 g/mol. The van der Waals surface area contributed by atoms with Crippen LogP contribution in [0.25, 0.3) is 10.8 Å².